The van der Waals surface area contributed by atoms with Crippen molar-refractivity contribution in [1.29, 1.82) is 0 Å². The fourth-order valence-electron chi connectivity index (χ4n) is 1.42. The second-order valence-electron chi connectivity index (χ2n) is 4.05. The van der Waals surface area contributed by atoms with Gasteiger partial charge in [0.05, 0.1) is 0 Å². The van der Waals surface area contributed by atoms with Crippen molar-refractivity contribution >= 4 is 28.8 Å². The third-order valence-electron chi connectivity index (χ3n) is 2.29. The average molecular weight is 258 g/mol. The highest BCUT2D eigenvalue weighted by Crippen LogP contribution is 2.31. The third-order valence-corrected chi connectivity index (χ3v) is 2.73. The summed E-state index contributed by atoms with van der Waals surface area (Å²) in [6.45, 7) is 6.39. The first-order valence-corrected chi connectivity index (χ1v) is 5.91. The molecular formula is C12H16ClNOS. The number of benzene rings is 1. The van der Waals surface area contributed by atoms with Crippen LogP contribution in [0.15, 0.2) is 12.1 Å². The fourth-order valence-corrected chi connectivity index (χ4v) is 1.91. The van der Waals surface area contributed by atoms with E-state index in [4.69, 9.17) is 34.3 Å². The van der Waals surface area contributed by atoms with Crippen LogP contribution in [0.5, 0.6) is 5.75 Å². The highest BCUT2D eigenvalue weighted by Gasteiger charge is 2.10. The molecule has 0 radical (unpaired) electrons. The minimum Gasteiger partial charge on any atom is -0.486 e. The summed E-state index contributed by atoms with van der Waals surface area (Å²) in [5.74, 6) is 1.15. The fraction of sp³-hybridized carbons (Fsp3) is 0.417. The highest BCUT2D eigenvalue weighted by molar-refractivity contribution is 7.80. The van der Waals surface area contributed by atoms with Crippen LogP contribution in [0, 0.1) is 6.92 Å². The maximum atomic E-state index is 6.15. The molecule has 0 heterocycles. The predicted molar refractivity (Wildman–Crippen MR) is 72.6 cm³/mol. The molecule has 0 aliphatic heterocycles. The summed E-state index contributed by atoms with van der Waals surface area (Å²) < 4.78 is 5.52. The second kappa shape index (κ2) is 5.51. The van der Waals surface area contributed by atoms with Gasteiger partial charge in [0.15, 0.2) is 0 Å². The van der Waals surface area contributed by atoms with Crippen molar-refractivity contribution in [1.82, 2.24) is 0 Å². The van der Waals surface area contributed by atoms with Crippen LogP contribution in [0.2, 0.25) is 5.02 Å². The lowest BCUT2D eigenvalue weighted by molar-refractivity contribution is 0.374. The van der Waals surface area contributed by atoms with Gasteiger partial charge >= 0.3 is 0 Å². The van der Waals surface area contributed by atoms with Crippen molar-refractivity contribution in [3.63, 3.8) is 0 Å². The van der Waals surface area contributed by atoms with E-state index in [-0.39, 0.29) is 6.61 Å². The molecule has 16 heavy (non-hydrogen) atoms. The van der Waals surface area contributed by atoms with Crippen molar-refractivity contribution in [2.24, 2.45) is 5.73 Å². The quantitative estimate of drug-likeness (QED) is 0.840. The lowest BCUT2D eigenvalue weighted by atomic mass is 10.0. The minimum absolute atomic E-state index is 0.259. The molecule has 0 aliphatic rings. The van der Waals surface area contributed by atoms with Crippen LogP contribution in [-0.4, -0.2) is 11.6 Å². The molecule has 0 aliphatic carbocycles. The maximum Gasteiger partial charge on any atom is 0.138 e. The van der Waals surface area contributed by atoms with E-state index in [1.54, 1.807) is 0 Å². The van der Waals surface area contributed by atoms with Crippen molar-refractivity contribution in [3.05, 3.63) is 28.3 Å². The summed E-state index contributed by atoms with van der Waals surface area (Å²) in [6, 6.07) is 3.87. The van der Waals surface area contributed by atoms with Gasteiger partial charge in [-0.2, -0.15) is 0 Å². The molecule has 0 saturated carbocycles. The Morgan fingerprint density at radius 3 is 2.62 bits per heavy atom. The number of hydrogen-bond donors (Lipinski definition) is 1. The number of nitrogens with two attached hydrogens (primary N) is 1. The Bertz CT molecular complexity index is 404. The number of halogens is 1. The Balaban J connectivity index is 3.00. The number of ether oxygens (including phenoxy) is 1. The van der Waals surface area contributed by atoms with Gasteiger partial charge in [-0.3, -0.25) is 0 Å². The Hall–Kier alpha value is -0.800. The first kappa shape index (κ1) is 13.3. The molecule has 2 nitrogen and oxygen atoms in total. The van der Waals surface area contributed by atoms with Gasteiger partial charge in [0.25, 0.3) is 0 Å². The smallest absolute Gasteiger partial charge is 0.138 e. The van der Waals surface area contributed by atoms with E-state index in [9.17, 15) is 0 Å². The zero-order valence-corrected chi connectivity index (χ0v) is 11.3. The van der Waals surface area contributed by atoms with Gasteiger partial charge in [0.1, 0.15) is 17.3 Å². The van der Waals surface area contributed by atoms with E-state index in [0.29, 0.717) is 10.9 Å². The molecular weight excluding hydrogens is 242 g/mol. The number of rotatable bonds is 4. The van der Waals surface area contributed by atoms with Gasteiger partial charge in [-0.25, -0.2) is 0 Å². The van der Waals surface area contributed by atoms with Crippen LogP contribution in [-0.2, 0) is 0 Å². The molecule has 1 rings (SSSR count). The molecule has 4 heteroatoms. The summed E-state index contributed by atoms with van der Waals surface area (Å²) in [7, 11) is 0. The summed E-state index contributed by atoms with van der Waals surface area (Å²) in [5.41, 5.74) is 7.46. The molecule has 2 N–H and O–H groups in total. The normalized spacial score (nSPS) is 10.6. The molecule has 0 unspecified atom stereocenters. The topological polar surface area (TPSA) is 35.2 Å². The zero-order valence-electron chi connectivity index (χ0n) is 9.71. The number of aryl methyl sites for hydroxylation is 1. The predicted octanol–water partition coefficient (Wildman–Crippen LogP) is 3.44. The van der Waals surface area contributed by atoms with E-state index in [1.807, 2.05) is 19.1 Å². The molecule has 1 aromatic rings. The maximum absolute atomic E-state index is 6.15. The molecule has 0 bridgehead atoms. The van der Waals surface area contributed by atoms with Crippen molar-refractivity contribution < 1.29 is 4.74 Å². The zero-order chi connectivity index (χ0) is 12.3. The molecule has 0 amide bonds. The van der Waals surface area contributed by atoms with E-state index in [0.717, 1.165) is 21.9 Å². The highest BCUT2D eigenvalue weighted by atomic mass is 35.5. The molecule has 1 aromatic carbocycles. The Kier molecular flexibility index (Phi) is 4.56. The van der Waals surface area contributed by atoms with Crippen LogP contribution in [0.25, 0.3) is 0 Å². The van der Waals surface area contributed by atoms with E-state index in [1.165, 1.54) is 0 Å². The van der Waals surface area contributed by atoms with Gasteiger partial charge in [-0.05, 0) is 36.1 Å². The van der Waals surface area contributed by atoms with Crippen LogP contribution < -0.4 is 10.5 Å². The largest absolute Gasteiger partial charge is 0.486 e. The monoisotopic (exact) mass is 257 g/mol. The van der Waals surface area contributed by atoms with Crippen LogP contribution in [0.4, 0.5) is 0 Å². The Morgan fingerprint density at radius 2 is 2.12 bits per heavy atom. The Labute approximate surface area is 107 Å². The van der Waals surface area contributed by atoms with Gasteiger partial charge < -0.3 is 10.5 Å². The first-order valence-electron chi connectivity index (χ1n) is 5.13. The molecule has 0 atom stereocenters. The standard InChI is InChI=1S/C12H16ClNOS/c1-7(2)9-5-11(15-6-12(14)16)8(3)4-10(9)13/h4-5,7H,6H2,1-3H3,(H2,14,16). The number of hydrogen-bond acceptors (Lipinski definition) is 2. The summed E-state index contributed by atoms with van der Waals surface area (Å²) >= 11 is 10.9. The molecule has 88 valence electrons. The van der Waals surface area contributed by atoms with Crippen molar-refractivity contribution in [3.8, 4) is 5.75 Å². The third kappa shape index (κ3) is 3.35. The van der Waals surface area contributed by atoms with E-state index >= 15 is 0 Å². The average Bonchev–Trinajstić information content (AvgIpc) is 2.15. The first-order chi connectivity index (χ1) is 7.41. The van der Waals surface area contributed by atoms with Gasteiger partial charge in [-0.15, -0.1) is 0 Å². The second-order valence-corrected chi connectivity index (χ2v) is 4.98. The Morgan fingerprint density at radius 1 is 1.50 bits per heavy atom. The van der Waals surface area contributed by atoms with Crippen molar-refractivity contribution in [2.45, 2.75) is 26.7 Å². The summed E-state index contributed by atoms with van der Waals surface area (Å²) in [6.07, 6.45) is 0. The lowest BCUT2D eigenvalue weighted by Gasteiger charge is -2.14. The molecule has 0 saturated heterocycles. The summed E-state index contributed by atoms with van der Waals surface area (Å²) in [5, 5.41) is 0.773. The SMILES string of the molecule is Cc1cc(Cl)c(C(C)C)cc1OCC(N)=S. The minimum atomic E-state index is 0.259. The molecule has 0 aromatic heterocycles. The van der Waals surface area contributed by atoms with Crippen molar-refractivity contribution in [2.75, 3.05) is 6.61 Å². The lowest BCUT2D eigenvalue weighted by Crippen LogP contribution is -2.18. The van der Waals surface area contributed by atoms with Gasteiger partial charge in [0, 0.05) is 5.02 Å². The van der Waals surface area contributed by atoms with E-state index < -0.39 is 0 Å². The molecule has 0 spiro atoms. The van der Waals surface area contributed by atoms with Crippen LogP contribution in [0.3, 0.4) is 0 Å². The number of thiocarbonyl (C=S) groups is 1. The van der Waals surface area contributed by atoms with Crippen LogP contribution in [0.1, 0.15) is 30.9 Å². The van der Waals surface area contributed by atoms with E-state index in [2.05, 4.69) is 13.8 Å². The van der Waals surface area contributed by atoms with Gasteiger partial charge in [-0.1, -0.05) is 37.7 Å². The van der Waals surface area contributed by atoms with Gasteiger partial charge in [0.2, 0.25) is 0 Å². The van der Waals surface area contributed by atoms with Crippen LogP contribution >= 0.6 is 23.8 Å². The molecule has 0 fully saturated rings. The summed E-state index contributed by atoms with van der Waals surface area (Å²) in [4.78, 5) is 0.348.